The summed E-state index contributed by atoms with van der Waals surface area (Å²) in [6, 6.07) is 59.7. The fraction of sp³-hybridized carbons (Fsp3) is 0. The molecule has 0 radical (unpaired) electrons. The number of nitrogens with zero attached hydrogens (tertiary/aromatic N) is 2. The summed E-state index contributed by atoms with van der Waals surface area (Å²) in [4.78, 5) is 10.6. The van der Waals surface area contributed by atoms with Gasteiger partial charge < -0.3 is 4.42 Å². The summed E-state index contributed by atoms with van der Waals surface area (Å²) in [7, 11) is 0. The van der Waals surface area contributed by atoms with E-state index < -0.39 is 0 Å². The van der Waals surface area contributed by atoms with Crippen molar-refractivity contribution in [3.8, 4) is 45.0 Å². The SMILES string of the molecule is c1ccc(-c2ccccc2-c2cc(-c3cccc4oc5ccccc5c34)nc(-c3ccc4ccc5c6ccccc6ccc5c4c3)n2)cc1. The molecule has 2 heterocycles. The number of para-hydroxylation sites is 1. The van der Waals surface area contributed by atoms with Crippen LogP contribution >= 0.6 is 0 Å². The van der Waals surface area contributed by atoms with Crippen molar-refractivity contribution < 1.29 is 4.42 Å². The molecular formula is C46H28N2O. The lowest BCUT2D eigenvalue weighted by Gasteiger charge is -2.14. The zero-order valence-corrected chi connectivity index (χ0v) is 26.5. The second-order valence-electron chi connectivity index (χ2n) is 12.5. The lowest BCUT2D eigenvalue weighted by Crippen LogP contribution is -1.97. The van der Waals surface area contributed by atoms with Crippen LogP contribution in [0.4, 0.5) is 0 Å². The molecule has 8 aromatic carbocycles. The first kappa shape index (κ1) is 27.5. The summed E-state index contributed by atoms with van der Waals surface area (Å²) in [5.41, 5.74) is 8.74. The maximum absolute atomic E-state index is 6.30. The van der Waals surface area contributed by atoms with E-state index in [2.05, 4.69) is 146 Å². The normalized spacial score (nSPS) is 11.7. The predicted octanol–water partition coefficient (Wildman–Crippen LogP) is 12.5. The zero-order chi connectivity index (χ0) is 32.3. The van der Waals surface area contributed by atoms with Crippen molar-refractivity contribution in [2.45, 2.75) is 0 Å². The fourth-order valence-corrected chi connectivity index (χ4v) is 7.37. The molecule has 2 aromatic heterocycles. The van der Waals surface area contributed by atoms with Crippen LogP contribution < -0.4 is 0 Å². The van der Waals surface area contributed by atoms with Gasteiger partial charge in [0.25, 0.3) is 0 Å². The Balaban J connectivity index is 1.25. The molecule has 3 heteroatoms. The van der Waals surface area contributed by atoms with Gasteiger partial charge >= 0.3 is 0 Å². The average Bonchev–Trinajstić information content (AvgIpc) is 3.57. The van der Waals surface area contributed by atoms with Crippen molar-refractivity contribution in [3.63, 3.8) is 0 Å². The van der Waals surface area contributed by atoms with Crippen LogP contribution in [-0.4, -0.2) is 9.97 Å². The van der Waals surface area contributed by atoms with Crippen LogP contribution in [0.3, 0.4) is 0 Å². The van der Waals surface area contributed by atoms with E-state index in [-0.39, 0.29) is 0 Å². The molecule has 0 bridgehead atoms. The first-order chi connectivity index (χ1) is 24.3. The summed E-state index contributed by atoms with van der Waals surface area (Å²) in [5.74, 6) is 0.680. The predicted molar refractivity (Wildman–Crippen MR) is 204 cm³/mol. The van der Waals surface area contributed by atoms with Crippen LogP contribution in [0.5, 0.6) is 0 Å². The van der Waals surface area contributed by atoms with Gasteiger partial charge in [-0.3, -0.25) is 0 Å². The third kappa shape index (κ3) is 4.51. The van der Waals surface area contributed by atoms with Gasteiger partial charge in [-0.15, -0.1) is 0 Å². The fourth-order valence-electron chi connectivity index (χ4n) is 7.37. The molecule has 0 N–H and O–H groups in total. The van der Waals surface area contributed by atoms with E-state index in [1.54, 1.807) is 0 Å². The molecule has 10 rings (SSSR count). The molecule has 0 fully saturated rings. The minimum absolute atomic E-state index is 0.680. The van der Waals surface area contributed by atoms with Crippen molar-refractivity contribution in [1.82, 2.24) is 9.97 Å². The number of rotatable bonds is 4. The van der Waals surface area contributed by atoms with E-state index >= 15 is 0 Å². The van der Waals surface area contributed by atoms with Gasteiger partial charge in [-0.25, -0.2) is 9.97 Å². The van der Waals surface area contributed by atoms with Gasteiger partial charge in [-0.2, -0.15) is 0 Å². The Hall–Kier alpha value is -6.58. The van der Waals surface area contributed by atoms with Gasteiger partial charge in [0.15, 0.2) is 5.82 Å². The molecule has 0 atom stereocenters. The molecular weight excluding hydrogens is 597 g/mol. The minimum Gasteiger partial charge on any atom is -0.456 e. The second kappa shape index (κ2) is 11.0. The van der Waals surface area contributed by atoms with Crippen LogP contribution in [0.15, 0.2) is 174 Å². The summed E-state index contributed by atoms with van der Waals surface area (Å²) in [6.07, 6.45) is 0. The minimum atomic E-state index is 0.680. The van der Waals surface area contributed by atoms with Gasteiger partial charge in [-0.1, -0.05) is 146 Å². The van der Waals surface area contributed by atoms with E-state index in [0.717, 1.165) is 61.1 Å². The molecule has 0 amide bonds. The van der Waals surface area contributed by atoms with Crippen LogP contribution in [0.1, 0.15) is 0 Å². The van der Waals surface area contributed by atoms with E-state index in [9.17, 15) is 0 Å². The highest BCUT2D eigenvalue weighted by atomic mass is 16.3. The number of hydrogen-bond donors (Lipinski definition) is 0. The molecule has 3 nitrogen and oxygen atoms in total. The Morgan fingerprint density at radius 3 is 1.82 bits per heavy atom. The molecule has 10 aromatic rings. The zero-order valence-electron chi connectivity index (χ0n) is 26.5. The van der Waals surface area contributed by atoms with E-state index in [1.807, 2.05) is 24.3 Å². The third-order valence-electron chi connectivity index (χ3n) is 9.69. The van der Waals surface area contributed by atoms with Crippen molar-refractivity contribution in [1.29, 1.82) is 0 Å². The summed E-state index contributed by atoms with van der Waals surface area (Å²) in [6.45, 7) is 0. The lowest BCUT2D eigenvalue weighted by atomic mass is 9.95. The first-order valence-corrected chi connectivity index (χ1v) is 16.6. The van der Waals surface area contributed by atoms with Crippen molar-refractivity contribution in [3.05, 3.63) is 170 Å². The molecule has 0 saturated heterocycles. The summed E-state index contributed by atoms with van der Waals surface area (Å²) >= 11 is 0. The third-order valence-corrected chi connectivity index (χ3v) is 9.69. The Labute approximate surface area is 282 Å². The maximum atomic E-state index is 6.30. The van der Waals surface area contributed by atoms with Gasteiger partial charge in [0.1, 0.15) is 11.2 Å². The second-order valence-corrected chi connectivity index (χ2v) is 12.5. The molecule has 0 aliphatic carbocycles. The Morgan fingerprint density at radius 2 is 0.959 bits per heavy atom. The molecule has 0 aliphatic heterocycles. The van der Waals surface area contributed by atoms with Crippen molar-refractivity contribution in [2.75, 3.05) is 0 Å². The monoisotopic (exact) mass is 624 g/mol. The van der Waals surface area contributed by atoms with E-state index in [0.29, 0.717) is 5.82 Å². The number of hydrogen-bond acceptors (Lipinski definition) is 3. The quantitative estimate of drug-likeness (QED) is 0.183. The summed E-state index contributed by atoms with van der Waals surface area (Å²) < 4.78 is 6.30. The molecule has 0 saturated carbocycles. The van der Waals surface area contributed by atoms with Crippen LogP contribution in [0, 0.1) is 0 Å². The average molecular weight is 625 g/mol. The van der Waals surface area contributed by atoms with Gasteiger partial charge in [0.2, 0.25) is 0 Å². The molecule has 0 aliphatic rings. The molecule has 228 valence electrons. The smallest absolute Gasteiger partial charge is 0.160 e. The van der Waals surface area contributed by atoms with Crippen LogP contribution in [0.2, 0.25) is 0 Å². The van der Waals surface area contributed by atoms with Gasteiger partial charge in [-0.05, 0) is 67.7 Å². The highest BCUT2D eigenvalue weighted by molar-refractivity contribution is 6.18. The van der Waals surface area contributed by atoms with Gasteiger partial charge in [0, 0.05) is 27.5 Å². The Morgan fingerprint density at radius 1 is 0.347 bits per heavy atom. The Bertz CT molecular complexity index is 2890. The molecule has 0 unspecified atom stereocenters. The van der Waals surface area contributed by atoms with Gasteiger partial charge in [0.05, 0.1) is 11.4 Å². The number of furan rings is 1. The maximum Gasteiger partial charge on any atom is 0.160 e. The highest BCUT2D eigenvalue weighted by Gasteiger charge is 2.18. The summed E-state index contributed by atoms with van der Waals surface area (Å²) in [5, 5.41) is 9.46. The number of fused-ring (bicyclic) bond motifs is 8. The first-order valence-electron chi connectivity index (χ1n) is 16.6. The van der Waals surface area contributed by atoms with E-state index in [1.165, 1.54) is 32.3 Å². The van der Waals surface area contributed by atoms with Crippen LogP contribution in [-0.2, 0) is 0 Å². The van der Waals surface area contributed by atoms with E-state index in [4.69, 9.17) is 14.4 Å². The highest BCUT2D eigenvalue weighted by Crippen LogP contribution is 2.40. The topological polar surface area (TPSA) is 38.9 Å². The molecule has 0 spiro atoms. The Kier molecular flexibility index (Phi) is 6.18. The van der Waals surface area contributed by atoms with Crippen molar-refractivity contribution >= 4 is 54.3 Å². The standard InChI is InChI=1S/C46H28N2O/c1-2-11-29(12-3-1)34-15-6-7-16-37(34)41-28-42(38-18-10-20-44-45(38)39-17-8-9-19-43(39)49-44)48-46(47-41)32-22-21-31-24-25-35-33-14-5-4-13-30(33)23-26-36(35)40(31)27-32/h1-28H. The number of benzene rings is 8. The van der Waals surface area contributed by atoms with Crippen LogP contribution in [0.25, 0.3) is 99.3 Å². The largest absolute Gasteiger partial charge is 0.456 e. The van der Waals surface area contributed by atoms with Crippen molar-refractivity contribution in [2.24, 2.45) is 0 Å². The molecule has 49 heavy (non-hydrogen) atoms. The number of aromatic nitrogens is 2. The lowest BCUT2D eigenvalue weighted by molar-refractivity contribution is 0.669.